The van der Waals surface area contributed by atoms with Gasteiger partial charge in [0.2, 0.25) is 0 Å². The van der Waals surface area contributed by atoms with E-state index >= 15 is 0 Å². The molecule has 1 heterocycles. The van der Waals surface area contributed by atoms with Gasteiger partial charge in [0.1, 0.15) is 0 Å². The second kappa shape index (κ2) is 9.19. The van der Waals surface area contributed by atoms with E-state index in [0.717, 1.165) is 16.7 Å². The third kappa shape index (κ3) is 5.88. The SMILES string of the molecule is COCc1cccc(CNC(=O)NC[C@H](c2cnn(C)c2)N(C)C)c1. The van der Waals surface area contributed by atoms with E-state index in [-0.39, 0.29) is 12.1 Å². The minimum atomic E-state index is -0.187. The van der Waals surface area contributed by atoms with Crippen LogP contribution in [0.15, 0.2) is 36.7 Å². The normalized spacial score (nSPS) is 12.2. The van der Waals surface area contributed by atoms with Crippen LogP contribution in [0.25, 0.3) is 0 Å². The Morgan fingerprint density at radius 1 is 1.32 bits per heavy atom. The summed E-state index contributed by atoms with van der Waals surface area (Å²) in [7, 11) is 7.52. The first-order valence-corrected chi connectivity index (χ1v) is 8.23. The maximum Gasteiger partial charge on any atom is 0.315 e. The fourth-order valence-corrected chi connectivity index (χ4v) is 2.64. The molecule has 0 unspecified atom stereocenters. The summed E-state index contributed by atoms with van der Waals surface area (Å²) >= 11 is 0. The lowest BCUT2D eigenvalue weighted by Gasteiger charge is -2.23. The van der Waals surface area contributed by atoms with Gasteiger partial charge in [-0.3, -0.25) is 4.68 Å². The van der Waals surface area contributed by atoms with Crippen LogP contribution >= 0.6 is 0 Å². The molecule has 0 bridgehead atoms. The first-order valence-electron chi connectivity index (χ1n) is 8.23. The number of aromatic nitrogens is 2. The average Bonchev–Trinajstić information content (AvgIpc) is 2.99. The largest absolute Gasteiger partial charge is 0.380 e. The van der Waals surface area contributed by atoms with Crippen molar-refractivity contribution in [3.8, 4) is 0 Å². The zero-order valence-corrected chi connectivity index (χ0v) is 15.3. The fraction of sp³-hybridized carbons (Fsp3) is 0.444. The zero-order valence-electron chi connectivity index (χ0n) is 15.3. The Morgan fingerprint density at radius 2 is 2.08 bits per heavy atom. The van der Waals surface area contributed by atoms with Crippen molar-refractivity contribution in [1.82, 2.24) is 25.3 Å². The van der Waals surface area contributed by atoms with Gasteiger partial charge in [-0.1, -0.05) is 24.3 Å². The van der Waals surface area contributed by atoms with Crippen LogP contribution < -0.4 is 10.6 Å². The molecule has 0 radical (unpaired) electrons. The van der Waals surface area contributed by atoms with Gasteiger partial charge in [0.15, 0.2) is 0 Å². The first kappa shape index (κ1) is 19.0. The van der Waals surface area contributed by atoms with E-state index in [0.29, 0.717) is 19.7 Å². The Hall–Kier alpha value is -2.38. The van der Waals surface area contributed by atoms with E-state index < -0.39 is 0 Å². The molecule has 1 aromatic heterocycles. The smallest absolute Gasteiger partial charge is 0.315 e. The predicted molar refractivity (Wildman–Crippen MR) is 97.0 cm³/mol. The van der Waals surface area contributed by atoms with E-state index in [1.54, 1.807) is 11.8 Å². The summed E-state index contributed by atoms with van der Waals surface area (Å²) < 4.78 is 6.89. The van der Waals surface area contributed by atoms with Crippen molar-refractivity contribution < 1.29 is 9.53 Å². The van der Waals surface area contributed by atoms with Crippen LogP contribution in [0.4, 0.5) is 4.79 Å². The molecule has 0 saturated carbocycles. The zero-order chi connectivity index (χ0) is 18.2. The Balaban J connectivity index is 1.84. The molecule has 0 aliphatic rings. The number of hydrogen-bond donors (Lipinski definition) is 2. The highest BCUT2D eigenvalue weighted by molar-refractivity contribution is 5.73. The van der Waals surface area contributed by atoms with Crippen molar-refractivity contribution in [2.75, 3.05) is 27.7 Å². The molecule has 2 N–H and O–H groups in total. The standard InChI is InChI=1S/C18H27N5O2/c1-22(2)17(16-10-21-23(3)12-16)11-20-18(24)19-9-14-6-5-7-15(8-14)13-25-4/h5-8,10,12,17H,9,11,13H2,1-4H3,(H2,19,20,24)/t17-/m1/s1. The monoisotopic (exact) mass is 345 g/mol. The number of hydrogen-bond acceptors (Lipinski definition) is 4. The Bertz CT molecular complexity index is 684. The molecule has 0 aliphatic carbocycles. The molecule has 0 spiro atoms. The number of rotatable bonds is 8. The summed E-state index contributed by atoms with van der Waals surface area (Å²) in [6.07, 6.45) is 3.79. The molecular weight excluding hydrogens is 318 g/mol. The van der Waals surface area contributed by atoms with Crippen LogP contribution in [0.5, 0.6) is 0 Å². The number of urea groups is 1. The van der Waals surface area contributed by atoms with Crippen molar-refractivity contribution in [2.24, 2.45) is 7.05 Å². The predicted octanol–water partition coefficient (Wildman–Crippen LogP) is 1.67. The highest BCUT2D eigenvalue weighted by Crippen LogP contribution is 2.16. The van der Waals surface area contributed by atoms with Crippen LogP contribution in [-0.4, -0.2) is 48.5 Å². The van der Waals surface area contributed by atoms with Gasteiger partial charge in [-0.15, -0.1) is 0 Å². The maximum atomic E-state index is 12.1. The maximum absolute atomic E-state index is 12.1. The number of nitrogens with one attached hydrogen (secondary N) is 2. The molecule has 2 amide bonds. The van der Waals surface area contributed by atoms with Crippen LogP contribution in [0.1, 0.15) is 22.7 Å². The van der Waals surface area contributed by atoms with Gasteiger partial charge in [0.05, 0.1) is 18.8 Å². The summed E-state index contributed by atoms with van der Waals surface area (Å²) in [6, 6.07) is 7.87. The Morgan fingerprint density at radius 3 is 2.72 bits per heavy atom. The van der Waals surface area contributed by atoms with Gasteiger partial charge >= 0.3 is 6.03 Å². The van der Waals surface area contributed by atoms with Gasteiger partial charge in [-0.05, 0) is 25.2 Å². The number of carbonyl (C=O) groups excluding carboxylic acids is 1. The number of carbonyl (C=O) groups is 1. The first-order chi connectivity index (χ1) is 12.0. The van der Waals surface area contributed by atoms with E-state index in [1.807, 2.05) is 57.8 Å². The number of methoxy groups -OCH3 is 1. The lowest BCUT2D eigenvalue weighted by molar-refractivity contribution is 0.185. The molecule has 0 fully saturated rings. The van der Waals surface area contributed by atoms with Crippen LogP contribution in [-0.2, 0) is 24.9 Å². The molecule has 2 aromatic rings. The molecule has 2 rings (SSSR count). The quantitative estimate of drug-likeness (QED) is 0.763. The molecular formula is C18H27N5O2. The van der Waals surface area contributed by atoms with Crippen LogP contribution in [0, 0.1) is 0 Å². The molecule has 1 atom stereocenters. The molecule has 25 heavy (non-hydrogen) atoms. The fourth-order valence-electron chi connectivity index (χ4n) is 2.64. The van der Waals surface area contributed by atoms with E-state index in [4.69, 9.17) is 4.74 Å². The van der Waals surface area contributed by atoms with Gasteiger partial charge in [0, 0.05) is 39.0 Å². The van der Waals surface area contributed by atoms with Crippen molar-refractivity contribution >= 4 is 6.03 Å². The van der Waals surface area contributed by atoms with Gasteiger partial charge < -0.3 is 20.3 Å². The molecule has 7 heteroatoms. The lowest BCUT2D eigenvalue weighted by Crippen LogP contribution is -2.40. The highest BCUT2D eigenvalue weighted by Gasteiger charge is 2.16. The summed E-state index contributed by atoms with van der Waals surface area (Å²) in [4.78, 5) is 14.2. The Labute approximate surface area is 149 Å². The highest BCUT2D eigenvalue weighted by atomic mass is 16.5. The van der Waals surface area contributed by atoms with Gasteiger partial charge in [-0.25, -0.2) is 4.79 Å². The number of likely N-dealkylation sites (N-methyl/N-ethyl adjacent to an activating group) is 1. The molecule has 1 aromatic carbocycles. The third-order valence-corrected chi connectivity index (χ3v) is 3.94. The van der Waals surface area contributed by atoms with E-state index in [9.17, 15) is 4.79 Å². The summed E-state index contributed by atoms with van der Waals surface area (Å²) in [6.45, 7) is 1.55. The summed E-state index contributed by atoms with van der Waals surface area (Å²) in [5.74, 6) is 0. The Kier molecular flexibility index (Phi) is 6.97. The van der Waals surface area contributed by atoms with Crippen LogP contribution in [0.2, 0.25) is 0 Å². The summed E-state index contributed by atoms with van der Waals surface area (Å²) in [5, 5.41) is 10.0. The van der Waals surface area contributed by atoms with Gasteiger partial charge in [0.25, 0.3) is 0 Å². The van der Waals surface area contributed by atoms with Crippen molar-refractivity contribution in [2.45, 2.75) is 19.2 Å². The number of amides is 2. The minimum Gasteiger partial charge on any atom is -0.380 e. The summed E-state index contributed by atoms with van der Waals surface area (Å²) in [5.41, 5.74) is 3.20. The van der Waals surface area contributed by atoms with Crippen molar-refractivity contribution in [3.05, 3.63) is 53.3 Å². The minimum absolute atomic E-state index is 0.0736. The van der Waals surface area contributed by atoms with E-state index in [1.165, 1.54) is 0 Å². The average molecular weight is 345 g/mol. The van der Waals surface area contributed by atoms with E-state index in [2.05, 4.69) is 20.6 Å². The second-order valence-corrected chi connectivity index (χ2v) is 6.24. The van der Waals surface area contributed by atoms with Crippen molar-refractivity contribution in [1.29, 1.82) is 0 Å². The number of benzene rings is 1. The molecule has 0 aliphatic heterocycles. The second-order valence-electron chi connectivity index (χ2n) is 6.24. The topological polar surface area (TPSA) is 71.4 Å². The lowest BCUT2D eigenvalue weighted by atomic mass is 10.1. The number of aryl methyl sites for hydroxylation is 1. The van der Waals surface area contributed by atoms with Crippen LogP contribution in [0.3, 0.4) is 0 Å². The van der Waals surface area contributed by atoms with Gasteiger partial charge in [-0.2, -0.15) is 5.10 Å². The molecule has 136 valence electrons. The van der Waals surface area contributed by atoms with Crippen molar-refractivity contribution in [3.63, 3.8) is 0 Å². The molecule has 7 nitrogen and oxygen atoms in total. The number of nitrogens with zero attached hydrogens (tertiary/aromatic N) is 3. The molecule has 0 saturated heterocycles. The third-order valence-electron chi connectivity index (χ3n) is 3.94. The number of ether oxygens (including phenoxy) is 1.